The van der Waals surface area contributed by atoms with Crippen LogP contribution in [0.25, 0.3) is 0 Å². The van der Waals surface area contributed by atoms with Crippen molar-refractivity contribution in [2.24, 2.45) is 0 Å². The van der Waals surface area contributed by atoms with Crippen molar-refractivity contribution in [3.8, 4) is 11.5 Å². The lowest BCUT2D eigenvalue weighted by Gasteiger charge is -2.29. The number of nitrogens with zero attached hydrogens (tertiary/aromatic N) is 2. The van der Waals surface area contributed by atoms with Crippen LogP contribution in [0.5, 0.6) is 11.5 Å². The molecule has 0 radical (unpaired) electrons. The maximum Gasteiger partial charge on any atom is 0.311 e. The second-order valence-electron chi connectivity index (χ2n) is 7.49. The van der Waals surface area contributed by atoms with Gasteiger partial charge in [0.05, 0.1) is 12.0 Å². The van der Waals surface area contributed by atoms with Crippen molar-refractivity contribution in [1.82, 2.24) is 10.2 Å². The van der Waals surface area contributed by atoms with Crippen molar-refractivity contribution >= 4 is 17.5 Å². The van der Waals surface area contributed by atoms with Gasteiger partial charge in [0.2, 0.25) is 11.7 Å². The first-order valence-electron chi connectivity index (χ1n) is 10.5. The topological polar surface area (TPSA) is 111 Å². The van der Waals surface area contributed by atoms with Crippen LogP contribution in [0.2, 0.25) is 0 Å². The number of ether oxygens (including phenoxy) is 2. The first kappa shape index (κ1) is 25.6. The highest BCUT2D eigenvalue weighted by molar-refractivity contribution is 5.88. The highest BCUT2D eigenvalue weighted by Gasteiger charge is 2.28. The molecule has 0 unspecified atom stereocenters. The second kappa shape index (κ2) is 11.8. The SMILES string of the molecule is CC[C@@H](C)NC(=O)[C@H](C)N(Cc1ccccc1F)C(=O)COc1ccc([N+](=O)[O-])c(OC)c1. The molecule has 0 bridgehead atoms. The minimum Gasteiger partial charge on any atom is -0.490 e. The standard InChI is InChI=1S/C23H28FN3O6/c1-5-15(2)25-23(29)16(3)26(13-17-8-6-7-9-19(17)24)22(28)14-33-18-10-11-20(27(30)31)21(12-18)32-4/h6-12,15-16H,5,13-14H2,1-4H3,(H,25,29)/t15-,16+/m1/s1. The van der Waals surface area contributed by atoms with Crippen molar-refractivity contribution in [2.45, 2.75) is 45.8 Å². The molecule has 0 aliphatic carbocycles. The van der Waals surface area contributed by atoms with E-state index < -0.39 is 29.3 Å². The van der Waals surface area contributed by atoms with Crippen molar-refractivity contribution in [1.29, 1.82) is 0 Å². The Morgan fingerprint density at radius 3 is 2.52 bits per heavy atom. The fourth-order valence-electron chi connectivity index (χ4n) is 2.98. The van der Waals surface area contributed by atoms with Crippen LogP contribution < -0.4 is 14.8 Å². The number of hydrogen-bond acceptors (Lipinski definition) is 6. The molecule has 0 saturated carbocycles. The Balaban J connectivity index is 2.21. The van der Waals surface area contributed by atoms with Gasteiger partial charge in [-0.15, -0.1) is 0 Å². The lowest BCUT2D eigenvalue weighted by molar-refractivity contribution is -0.385. The van der Waals surface area contributed by atoms with Gasteiger partial charge in [-0.25, -0.2) is 4.39 Å². The van der Waals surface area contributed by atoms with E-state index in [9.17, 15) is 24.1 Å². The summed E-state index contributed by atoms with van der Waals surface area (Å²) in [5, 5.41) is 13.9. The molecule has 178 valence electrons. The van der Waals surface area contributed by atoms with E-state index in [-0.39, 0.29) is 41.2 Å². The summed E-state index contributed by atoms with van der Waals surface area (Å²) >= 11 is 0. The van der Waals surface area contributed by atoms with Crippen LogP contribution >= 0.6 is 0 Å². The number of nitro benzene ring substituents is 1. The van der Waals surface area contributed by atoms with Gasteiger partial charge in [-0.2, -0.15) is 0 Å². The van der Waals surface area contributed by atoms with E-state index >= 15 is 0 Å². The Labute approximate surface area is 191 Å². The number of halogens is 1. The number of hydrogen-bond donors (Lipinski definition) is 1. The maximum atomic E-state index is 14.2. The van der Waals surface area contributed by atoms with Gasteiger partial charge in [-0.1, -0.05) is 25.1 Å². The van der Waals surface area contributed by atoms with Crippen molar-refractivity contribution in [3.05, 3.63) is 64.0 Å². The summed E-state index contributed by atoms with van der Waals surface area (Å²) in [5.74, 6) is -1.26. The molecule has 0 heterocycles. The van der Waals surface area contributed by atoms with Crippen molar-refractivity contribution < 1.29 is 28.4 Å². The third kappa shape index (κ3) is 6.90. The number of nitrogens with one attached hydrogen (secondary N) is 1. The maximum absolute atomic E-state index is 14.2. The Morgan fingerprint density at radius 1 is 1.21 bits per heavy atom. The van der Waals surface area contributed by atoms with Crippen LogP contribution in [0, 0.1) is 15.9 Å². The minimum atomic E-state index is -0.888. The molecule has 0 saturated heterocycles. The van der Waals surface area contributed by atoms with Crippen LogP contribution in [-0.2, 0) is 16.1 Å². The van der Waals surface area contributed by atoms with Gasteiger partial charge in [-0.05, 0) is 32.4 Å². The van der Waals surface area contributed by atoms with Crippen LogP contribution in [-0.4, -0.2) is 47.4 Å². The molecule has 9 nitrogen and oxygen atoms in total. The van der Waals surface area contributed by atoms with E-state index in [2.05, 4.69) is 5.32 Å². The van der Waals surface area contributed by atoms with Crippen molar-refractivity contribution in [2.75, 3.05) is 13.7 Å². The number of nitro groups is 1. The summed E-state index contributed by atoms with van der Waals surface area (Å²) < 4.78 is 24.7. The van der Waals surface area contributed by atoms with E-state index in [0.29, 0.717) is 6.42 Å². The molecule has 0 aliphatic rings. The summed E-state index contributed by atoms with van der Waals surface area (Å²) in [4.78, 5) is 37.4. The number of carbonyl (C=O) groups excluding carboxylic acids is 2. The molecule has 33 heavy (non-hydrogen) atoms. The quantitative estimate of drug-likeness (QED) is 0.405. The Hall–Kier alpha value is -3.69. The minimum absolute atomic E-state index is 0.0190. The van der Waals surface area contributed by atoms with Gasteiger partial charge in [0, 0.05) is 30.3 Å². The average Bonchev–Trinajstić information content (AvgIpc) is 2.80. The fourth-order valence-corrected chi connectivity index (χ4v) is 2.98. The number of amides is 2. The molecule has 2 atom stereocenters. The van der Waals surface area contributed by atoms with Gasteiger partial charge >= 0.3 is 5.69 Å². The number of benzene rings is 2. The highest BCUT2D eigenvalue weighted by atomic mass is 19.1. The van der Waals surface area contributed by atoms with Gasteiger partial charge in [0.15, 0.2) is 6.61 Å². The molecular weight excluding hydrogens is 433 g/mol. The highest BCUT2D eigenvalue weighted by Crippen LogP contribution is 2.30. The zero-order valence-corrected chi connectivity index (χ0v) is 19.0. The third-order valence-electron chi connectivity index (χ3n) is 5.18. The van der Waals surface area contributed by atoms with Crippen LogP contribution in [0.3, 0.4) is 0 Å². The van der Waals surface area contributed by atoms with E-state index in [1.54, 1.807) is 13.0 Å². The van der Waals surface area contributed by atoms with E-state index in [1.165, 1.54) is 48.4 Å². The molecule has 0 aromatic heterocycles. The summed E-state index contributed by atoms with van der Waals surface area (Å²) in [5.41, 5.74) is 0.0127. The second-order valence-corrected chi connectivity index (χ2v) is 7.49. The molecule has 0 aliphatic heterocycles. The summed E-state index contributed by atoms with van der Waals surface area (Å²) in [7, 11) is 1.28. The van der Waals surface area contributed by atoms with E-state index in [1.807, 2.05) is 13.8 Å². The molecule has 0 spiro atoms. The van der Waals surface area contributed by atoms with E-state index in [0.717, 1.165) is 0 Å². The van der Waals surface area contributed by atoms with Gasteiger partial charge < -0.3 is 19.7 Å². The molecule has 2 aromatic rings. The molecule has 10 heteroatoms. The van der Waals surface area contributed by atoms with Crippen molar-refractivity contribution in [3.63, 3.8) is 0 Å². The first-order chi connectivity index (χ1) is 15.7. The smallest absolute Gasteiger partial charge is 0.311 e. The van der Waals surface area contributed by atoms with Gasteiger partial charge in [0.25, 0.3) is 5.91 Å². The molecule has 2 rings (SSSR count). The lowest BCUT2D eigenvalue weighted by atomic mass is 10.1. The summed E-state index contributed by atoms with van der Waals surface area (Å²) in [6, 6.07) is 8.87. The van der Waals surface area contributed by atoms with Crippen LogP contribution in [0.4, 0.5) is 10.1 Å². The number of methoxy groups -OCH3 is 1. The average molecular weight is 461 g/mol. The molecular formula is C23H28FN3O6. The Kier molecular flexibility index (Phi) is 9.14. The Morgan fingerprint density at radius 2 is 1.91 bits per heavy atom. The molecule has 2 amide bonds. The summed E-state index contributed by atoms with van der Waals surface area (Å²) in [6.07, 6.45) is 0.713. The van der Waals surface area contributed by atoms with Gasteiger partial charge in [0.1, 0.15) is 17.6 Å². The lowest BCUT2D eigenvalue weighted by Crippen LogP contribution is -2.50. The largest absolute Gasteiger partial charge is 0.490 e. The zero-order valence-electron chi connectivity index (χ0n) is 19.0. The Bertz CT molecular complexity index is 1000. The van der Waals surface area contributed by atoms with E-state index in [4.69, 9.17) is 9.47 Å². The monoisotopic (exact) mass is 461 g/mol. The molecule has 0 fully saturated rings. The number of rotatable bonds is 11. The third-order valence-corrected chi connectivity index (χ3v) is 5.18. The first-order valence-corrected chi connectivity index (χ1v) is 10.5. The van der Waals surface area contributed by atoms with Crippen LogP contribution in [0.15, 0.2) is 42.5 Å². The van der Waals surface area contributed by atoms with Gasteiger partial charge in [-0.3, -0.25) is 19.7 Å². The fraction of sp³-hybridized carbons (Fsp3) is 0.391. The predicted octanol–water partition coefficient (Wildman–Crippen LogP) is 3.45. The van der Waals surface area contributed by atoms with Crippen LogP contribution in [0.1, 0.15) is 32.8 Å². The summed E-state index contributed by atoms with van der Waals surface area (Å²) in [6.45, 7) is 4.73. The molecule has 1 N–H and O–H groups in total. The predicted molar refractivity (Wildman–Crippen MR) is 119 cm³/mol. The normalized spacial score (nSPS) is 12.4. The zero-order chi connectivity index (χ0) is 24.5. The number of carbonyl (C=O) groups is 2. The molecule has 2 aromatic carbocycles.